The van der Waals surface area contributed by atoms with E-state index in [1.54, 1.807) is 50.2 Å². The van der Waals surface area contributed by atoms with Crippen molar-refractivity contribution < 1.29 is 32.3 Å². The number of aryl methyl sites for hydroxylation is 2. The Morgan fingerprint density at radius 2 is 1.63 bits per heavy atom. The topological polar surface area (TPSA) is 128 Å². The highest BCUT2D eigenvalue weighted by atomic mass is 32.2. The second kappa shape index (κ2) is 10.8. The number of ether oxygens (including phenoxy) is 2. The minimum Gasteiger partial charge on any atom is -0.465 e. The van der Waals surface area contributed by atoms with Gasteiger partial charge in [-0.1, -0.05) is 30.3 Å². The number of hydrogen-bond acceptors (Lipinski definition) is 7. The minimum absolute atomic E-state index is 0.0181. The Hall–Kier alpha value is -4.18. The molecule has 0 fully saturated rings. The first-order valence-electron chi connectivity index (χ1n) is 10.4. The van der Waals surface area contributed by atoms with Crippen molar-refractivity contribution in [3.05, 3.63) is 89.0 Å². The van der Waals surface area contributed by atoms with Crippen LogP contribution in [0.25, 0.3) is 0 Å². The molecule has 1 amide bonds. The monoisotopic (exact) mass is 496 g/mol. The van der Waals surface area contributed by atoms with Gasteiger partial charge < -0.3 is 14.8 Å². The van der Waals surface area contributed by atoms with E-state index in [1.165, 1.54) is 37.4 Å². The van der Waals surface area contributed by atoms with Crippen LogP contribution in [0.2, 0.25) is 0 Å². The molecule has 0 aliphatic rings. The summed E-state index contributed by atoms with van der Waals surface area (Å²) in [6.45, 7) is 2.83. The lowest BCUT2D eigenvalue weighted by Gasteiger charge is -2.14. The smallest absolute Gasteiger partial charge is 0.340 e. The summed E-state index contributed by atoms with van der Waals surface area (Å²) >= 11 is 0. The molecule has 0 radical (unpaired) electrons. The fourth-order valence-electron chi connectivity index (χ4n) is 3.19. The number of nitrogens with one attached hydrogen (secondary N) is 2. The quantitative estimate of drug-likeness (QED) is 0.455. The maximum Gasteiger partial charge on any atom is 0.340 e. The first-order valence-corrected chi connectivity index (χ1v) is 11.9. The molecule has 0 aromatic heterocycles. The van der Waals surface area contributed by atoms with E-state index >= 15 is 0 Å². The van der Waals surface area contributed by atoms with Gasteiger partial charge in [0.2, 0.25) is 0 Å². The summed E-state index contributed by atoms with van der Waals surface area (Å²) in [4.78, 5) is 36.6. The Morgan fingerprint density at radius 1 is 0.886 bits per heavy atom. The fraction of sp³-hybridized carbons (Fsp3) is 0.160. The summed E-state index contributed by atoms with van der Waals surface area (Å²) in [5.74, 6) is -2.09. The molecule has 3 aromatic carbocycles. The summed E-state index contributed by atoms with van der Waals surface area (Å²) in [5.41, 5.74) is 1.84. The summed E-state index contributed by atoms with van der Waals surface area (Å²) in [7, 11) is -2.74. The fourth-order valence-corrected chi connectivity index (χ4v) is 4.60. The standard InChI is InChI=1S/C25H24N2O7S/c1-16-11-12-17(2)22(13-16)35(31,32)27-21-10-5-4-9-20(21)25(30)34-15-23(28)26-19-8-6-7-18(14-19)24(29)33-3/h4-14,27H,15H2,1-3H3,(H,26,28). The van der Waals surface area contributed by atoms with E-state index in [-0.39, 0.29) is 21.7 Å². The average Bonchev–Trinajstić information content (AvgIpc) is 2.83. The Morgan fingerprint density at radius 3 is 2.37 bits per heavy atom. The molecule has 0 unspecified atom stereocenters. The molecule has 0 saturated heterocycles. The van der Waals surface area contributed by atoms with E-state index in [9.17, 15) is 22.8 Å². The molecular formula is C25H24N2O7S. The number of esters is 2. The highest BCUT2D eigenvalue weighted by Gasteiger charge is 2.21. The normalized spacial score (nSPS) is 10.8. The van der Waals surface area contributed by atoms with Crippen LogP contribution >= 0.6 is 0 Å². The third kappa shape index (κ3) is 6.45. The number of anilines is 2. The first kappa shape index (κ1) is 25.4. The van der Waals surface area contributed by atoms with Crippen LogP contribution in [0.15, 0.2) is 71.6 Å². The summed E-state index contributed by atoms with van der Waals surface area (Å²) < 4.78 is 38.1. The van der Waals surface area contributed by atoms with Crippen molar-refractivity contribution in [3.8, 4) is 0 Å². The number of rotatable bonds is 8. The van der Waals surface area contributed by atoms with Crippen LogP contribution in [0, 0.1) is 13.8 Å². The van der Waals surface area contributed by atoms with Gasteiger partial charge in [-0.05, 0) is 61.4 Å². The Balaban J connectivity index is 1.70. The number of sulfonamides is 1. The lowest BCUT2D eigenvalue weighted by molar-refractivity contribution is -0.119. The van der Waals surface area contributed by atoms with Gasteiger partial charge in [-0.25, -0.2) is 18.0 Å². The zero-order valence-electron chi connectivity index (χ0n) is 19.3. The Kier molecular flexibility index (Phi) is 7.87. The second-order valence-corrected chi connectivity index (χ2v) is 9.27. The third-order valence-corrected chi connectivity index (χ3v) is 6.43. The van der Waals surface area contributed by atoms with Crippen LogP contribution in [-0.4, -0.2) is 40.0 Å². The van der Waals surface area contributed by atoms with Crippen molar-refractivity contribution in [2.75, 3.05) is 23.8 Å². The van der Waals surface area contributed by atoms with Crippen molar-refractivity contribution >= 4 is 39.2 Å². The van der Waals surface area contributed by atoms with Gasteiger partial charge in [0.25, 0.3) is 15.9 Å². The SMILES string of the molecule is COC(=O)c1cccc(NC(=O)COC(=O)c2ccccc2NS(=O)(=O)c2cc(C)ccc2C)c1. The van der Waals surface area contributed by atoms with Gasteiger partial charge in [0.1, 0.15) is 0 Å². The Labute approximate surface area is 203 Å². The van der Waals surface area contributed by atoms with Gasteiger partial charge in [-0.3, -0.25) is 9.52 Å². The van der Waals surface area contributed by atoms with Crippen LogP contribution in [0.1, 0.15) is 31.8 Å². The predicted octanol–water partition coefficient (Wildman–Crippen LogP) is 3.69. The van der Waals surface area contributed by atoms with Crippen molar-refractivity contribution in [1.82, 2.24) is 0 Å². The van der Waals surface area contributed by atoms with Gasteiger partial charge in [0.15, 0.2) is 6.61 Å². The highest BCUT2D eigenvalue weighted by molar-refractivity contribution is 7.92. The van der Waals surface area contributed by atoms with E-state index in [1.807, 2.05) is 0 Å². The molecule has 0 spiro atoms. The van der Waals surface area contributed by atoms with E-state index in [0.717, 1.165) is 5.56 Å². The van der Waals surface area contributed by atoms with Crippen LogP contribution < -0.4 is 10.0 Å². The van der Waals surface area contributed by atoms with E-state index < -0.39 is 34.5 Å². The van der Waals surface area contributed by atoms with Gasteiger partial charge in [-0.15, -0.1) is 0 Å². The summed E-state index contributed by atoms with van der Waals surface area (Å²) in [5, 5.41) is 2.52. The van der Waals surface area contributed by atoms with Crippen molar-refractivity contribution in [2.24, 2.45) is 0 Å². The van der Waals surface area contributed by atoms with Crippen LogP contribution in [0.4, 0.5) is 11.4 Å². The molecule has 9 nitrogen and oxygen atoms in total. The van der Waals surface area contributed by atoms with Crippen molar-refractivity contribution in [1.29, 1.82) is 0 Å². The molecule has 3 rings (SSSR count). The van der Waals surface area contributed by atoms with Gasteiger partial charge in [0, 0.05) is 5.69 Å². The predicted molar refractivity (Wildman–Crippen MR) is 130 cm³/mol. The summed E-state index contributed by atoms with van der Waals surface area (Å²) in [6, 6.07) is 17.0. The molecule has 35 heavy (non-hydrogen) atoms. The molecule has 0 aliphatic heterocycles. The molecule has 0 atom stereocenters. The number of carbonyl (C=O) groups excluding carboxylic acids is 3. The van der Waals surface area contributed by atoms with Gasteiger partial charge in [-0.2, -0.15) is 0 Å². The lowest BCUT2D eigenvalue weighted by atomic mass is 10.2. The minimum atomic E-state index is -3.98. The molecule has 3 aromatic rings. The van der Waals surface area contributed by atoms with Crippen molar-refractivity contribution in [2.45, 2.75) is 18.7 Å². The number of amides is 1. The molecule has 0 aliphatic carbocycles. The van der Waals surface area contributed by atoms with Gasteiger partial charge >= 0.3 is 11.9 Å². The molecule has 182 valence electrons. The third-order valence-electron chi connectivity index (χ3n) is 4.93. The average molecular weight is 497 g/mol. The molecule has 2 N–H and O–H groups in total. The van der Waals surface area contributed by atoms with Crippen LogP contribution in [0.5, 0.6) is 0 Å². The Bertz CT molecular complexity index is 1380. The molecule has 0 bridgehead atoms. The number of hydrogen-bond donors (Lipinski definition) is 2. The highest BCUT2D eigenvalue weighted by Crippen LogP contribution is 2.23. The van der Waals surface area contributed by atoms with Crippen molar-refractivity contribution in [3.63, 3.8) is 0 Å². The molecule has 10 heteroatoms. The zero-order chi connectivity index (χ0) is 25.6. The van der Waals surface area contributed by atoms with Gasteiger partial charge in [0.05, 0.1) is 28.8 Å². The lowest BCUT2D eigenvalue weighted by Crippen LogP contribution is -2.22. The maximum atomic E-state index is 13.0. The van der Waals surface area contributed by atoms with E-state index in [4.69, 9.17) is 4.74 Å². The zero-order valence-corrected chi connectivity index (χ0v) is 20.1. The molecular weight excluding hydrogens is 472 g/mol. The van der Waals surface area contributed by atoms with Crippen LogP contribution in [0.3, 0.4) is 0 Å². The van der Waals surface area contributed by atoms with Crippen LogP contribution in [-0.2, 0) is 24.3 Å². The molecule has 0 saturated carbocycles. The second-order valence-electron chi connectivity index (χ2n) is 7.62. The summed E-state index contributed by atoms with van der Waals surface area (Å²) in [6.07, 6.45) is 0. The van der Waals surface area contributed by atoms with E-state index in [0.29, 0.717) is 11.3 Å². The number of carbonyl (C=O) groups is 3. The molecule has 0 heterocycles. The number of para-hydroxylation sites is 1. The largest absolute Gasteiger partial charge is 0.465 e. The number of methoxy groups -OCH3 is 1. The number of benzene rings is 3. The maximum absolute atomic E-state index is 13.0. The van der Waals surface area contributed by atoms with E-state index in [2.05, 4.69) is 14.8 Å². The first-order chi connectivity index (χ1) is 16.6.